The summed E-state index contributed by atoms with van der Waals surface area (Å²) in [6.07, 6.45) is 2.95. The number of nitrogens with zero attached hydrogens (tertiary/aromatic N) is 3. The van der Waals surface area contributed by atoms with Gasteiger partial charge in [0.05, 0.1) is 10.5 Å². The van der Waals surface area contributed by atoms with Crippen LogP contribution in [0.25, 0.3) is 6.08 Å². The zero-order chi connectivity index (χ0) is 18.4. The van der Waals surface area contributed by atoms with Crippen molar-refractivity contribution in [1.29, 1.82) is 0 Å². The van der Waals surface area contributed by atoms with Gasteiger partial charge < -0.3 is 4.90 Å². The molecule has 0 unspecified atom stereocenters. The van der Waals surface area contributed by atoms with Gasteiger partial charge in [0.1, 0.15) is 0 Å². The zero-order valence-electron chi connectivity index (χ0n) is 14.5. The van der Waals surface area contributed by atoms with E-state index < -0.39 is 4.92 Å². The van der Waals surface area contributed by atoms with Crippen LogP contribution in [0.5, 0.6) is 0 Å². The highest BCUT2D eigenvalue weighted by Crippen LogP contribution is 2.19. The van der Waals surface area contributed by atoms with E-state index in [-0.39, 0.29) is 11.6 Å². The number of rotatable bonds is 5. The molecule has 1 aliphatic rings. The average Bonchev–Trinajstić information content (AvgIpc) is 2.67. The molecule has 0 aromatic heterocycles. The molecule has 1 saturated heterocycles. The quantitative estimate of drug-likeness (QED) is 0.472. The Morgan fingerprint density at radius 1 is 1.00 bits per heavy atom. The number of para-hydroxylation sites is 1. The Balaban J connectivity index is 1.55. The van der Waals surface area contributed by atoms with Crippen LogP contribution in [0.15, 0.2) is 60.7 Å². The van der Waals surface area contributed by atoms with Crippen molar-refractivity contribution in [2.45, 2.75) is 6.54 Å². The van der Waals surface area contributed by atoms with Crippen molar-refractivity contribution in [3.8, 4) is 0 Å². The lowest BCUT2D eigenvalue weighted by Crippen LogP contribution is -2.47. The fourth-order valence-corrected chi connectivity index (χ4v) is 3.03. The van der Waals surface area contributed by atoms with Crippen molar-refractivity contribution in [3.05, 3.63) is 81.9 Å². The molecule has 6 nitrogen and oxygen atoms in total. The topological polar surface area (TPSA) is 66.7 Å². The smallest absolute Gasteiger partial charge is 0.276 e. The van der Waals surface area contributed by atoms with Crippen LogP contribution in [0.1, 0.15) is 11.1 Å². The van der Waals surface area contributed by atoms with Crippen LogP contribution in [0.3, 0.4) is 0 Å². The van der Waals surface area contributed by atoms with Gasteiger partial charge in [-0.05, 0) is 17.7 Å². The van der Waals surface area contributed by atoms with Gasteiger partial charge >= 0.3 is 0 Å². The molecule has 1 amide bonds. The third-order valence-electron chi connectivity index (χ3n) is 4.47. The molecule has 2 aromatic rings. The van der Waals surface area contributed by atoms with E-state index in [1.54, 1.807) is 23.1 Å². The van der Waals surface area contributed by atoms with Crippen LogP contribution in [0.4, 0.5) is 5.69 Å². The standard InChI is InChI=1S/C20H21N3O3/c24-20(11-10-18-8-4-5-9-19(18)23(25)26)22-14-12-21(13-15-22)16-17-6-2-1-3-7-17/h1-11H,12-16H2. The molecule has 0 N–H and O–H groups in total. The lowest BCUT2D eigenvalue weighted by molar-refractivity contribution is -0.385. The number of amides is 1. The lowest BCUT2D eigenvalue weighted by atomic mass is 10.1. The summed E-state index contributed by atoms with van der Waals surface area (Å²) >= 11 is 0. The Hall–Kier alpha value is -2.99. The van der Waals surface area contributed by atoms with E-state index in [0.717, 1.165) is 19.6 Å². The molecule has 134 valence electrons. The summed E-state index contributed by atoms with van der Waals surface area (Å²) in [5.41, 5.74) is 1.71. The SMILES string of the molecule is O=C(C=Cc1ccccc1[N+](=O)[O-])N1CCN(Cc2ccccc2)CC1. The number of nitro groups is 1. The van der Waals surface area contributed by atoms with E-state index >= 15 is 0 Å². The predicted octanol–water partition coefficient (Wildman–Crippen LogP) is 2.95. The molecule has 26 heavy (non-hydrogen) atoms. The van der Waals surface area contributed by atoms with Crippen molar-refractivity contribution in [3.63, 3.8) is 0 Å². The van der Waals surface area contributed by atoms with E-state index in [1.807, 2.05) is 18.2 Å². The Bertz CT molecular complexity index is 797. The maximum absolute atomic E-state index is 12.4. The maximum atomic E-state index is 12.4. The minimum Gasteiger partial charge on any atom is -0.337 e. The van der Waals surface area contributed by atoms with Gasteiger partial charge in [0.2, 0.25) is 5.91 Å². The monoisotopic (exact) mass is 351 g/mol. The van der Waals surface area contributed by atoms with Crippen LogP contribution >= 0.6 is 0 Å². The minimum atomic E-state index is -0.438. The normalized spacial score (nSPS) is 15.3. The molecule has 0 spiro atoms. The molecule has 0 radical (unpaired) electrons. The number of hydrogen-bond acceptors (Lipinski definition) is 4. The summed E-state index contributed by atoms with van der Waals surface area (Å²) < 4.78 is 0. The van der Waals surface area contributed by atoms with Crippen molar-refractivity contribution < 1.29 is 9.72 Å². The second-order valence-electron chi connectivity index (χ2n) is 6.24. The Morgan fingerprint density at radius 2 is 1.65 bits per heavy atom. The van der Waals surface area contributed by atoms with E-state index in [2.05, 4.69) is 17.0 Å². The Morgan fingerprint density at radius 3 is 2.35 bits per heavy atom. The molecular formula is C20H21N3O3. The largest absolute Gasteiger partial charge is 0.337 e. The summed E-state index contributed by atoms with van der Waals surface area (Å²) in [4.78, 5) is 27.1. The molecule has 0 atom stereocenters. The average molecular weight is 351 g/mol. The summed E-state index contributed by atoms with van der Waals surface area (Å²) in [6.45, 7) is 3.84. The summed E-state index contributed by atoms with van der Waals surface area (Å²) in [5.74, 6) is -0.109. The first kappa shape index (κ1) is 17.8. The van der Waals surface area contributed by atoms with Crippen molar-refractivity contribution in [1.82, 2.24) is 9.80 Å². The second kappa shape index (κ2) is 8.40. The van der Waals surface area contributed by atoms with Crippen LogP contribution in [0, 0.1) is 10.1 Å². The van der Waals surface area contributed by atoms with Crippen molar-refractivity contribution >= 4 is 17.7 Å². The van der Waals surface area contributed by atoms with Crippen LogP contribution in [-0.2, 0) is 11.3 Å². The van der Waals surface area contributed by atoms with Crippen LogP contribution in [-0.4, -0.2) is 46.8 Å². The zero-order valence-corrected chi connectivity index (χ0v) is 14.5. The molecule has 1 heterocycles. The Labute approximate surface area is 152 Å². The first-order valence-corrected chi connectivity index (χ1v) is 8.60. The van der Waals surface area contributed by atoms with Gasteiger partial charge in [-0.1, -0.05) is 42.5 Å². The summed E-state index contributed by atoms with van der Waals surface area (Å²) in [6, 6.07) is 16.7. The molecular weight excluding hydrogens is 330 g/mol. The highest BCUT2D eigenvalue weighted by Gasteiger charge is 2.20. The molecule has 1 aliphatic heterocycles. The Kier molecular flexibility index (Phi) is 5.76. The number of carbonyl (C=O) groups excluding carboxylic acids is 1. The van der Waals surface area contributed by atoms with Gasteiger partial charge in [-0.3, -0.25) is 19.8 Å². The van der Waals surface area contributed by atoms with E-state index in [9.17, 15) is 14.9 Å². The predicted molar refractivity (Wildman–Crippen MR) is 100 cm³/mol. The van der Waals surface area contributed by atoms with Gasteiger partial charge in [0.15, 0.2) is 0 Å². The molecule has 0 saturated carbocycles. The highest BCUT2D eigenvalue weighted by atomic mass is 16.6. The number of piperazine rings is 1. The first-order valence-electron chi connectivity index (χ1n) is 8.60. The van der Waals surface area contributed by atoms with Crippen molar-refractivity contribution in [2.24, 2.45) is 0 Å². The van der Waals surface area contributed by atoms with Gasteiger partial charge in [0.25, 0.3) is 5.69 Å². The molecule has 2 aromatic carbocycles. The highest BCUT2D eigenvalue weighted by molar-refractivity contribution is 5.92. The van der Waals surface area contributed by atoms with Gasteiger partial charge in [-0.15, -0.1) is 0 Å². The molecule has 6 heteroatoms. The van der Waals surface area contributed by atoms with Crippen LogP contribution in [0.2, 0.25) is 0 Å². The minimum absolute atomic E-state index is 0.00392. The van der Waals surface area contributed by atoms with Crippen molar-refractivity contribution in [2.75, 3.05) is 26.2 Å². The van der Waals surface area contributed by atoms with E-state index in [1.165, 1.54) is 23.8 Å². The first-order chi connectivity index (χ1) is 12.6. The van der Waals surface area contributed by atoms with Crippen LogP contribution < -0.4 is 0 Å². The lowest BCUT2D eigenvalue weighted by Gasteiger charge is -2.34. The summed E-state index contributed by atoms with van der Waals surface area (Å²) in [5, 5.41) is 11.0. The fraction of sp³-hybridized carbons (Fsp3) is 0.250. The van der Waals surface area contributed by atoms with Gasteiger partial charge in [0, 0.05) is 44.9 Å². The third-order valence-corrected chi connectivity index (χ3v) is 4.47. The number of hydrogen-bond donors (Lipinski definition) is 0. The maximum Gasteiger partial charge on any atom is 0.276 e. The number of carbonyl (C=O) groups is 1. The fourth-order valence-electron chi connectivity index (χ4n) is 3.03. The van der Waals surface area contributed by atoms with E-state index in [0.29, 0.717) is 18.7 Å². The molecule has 1 fully saturated rings. The number of benzene rings is 2. The number of nitro benzene ring substituents is 1. The molecule has 3 rings (SSSR count). The van der Waals surface area contributed by atoms with Gasteiger partial charge in [-0.2, -0.15) is 0 Å². The van der Waals surface area contributed by atoms with Gasteiger partial charge in [-0.25, -0.2) is 0 Å². The third kappa shape index (κ3) is 4.55. The second-order valence-corrected chi connectivity index (χ2v) is 6.24. The summed E-state index contributed by atoms with van der Waals surface area (Å²) in [7, 11) is 0. The van der Waals surface area contributed by atoms with E-state index in [4.69, 9.17) is 0 Å². The molecule has 0 aliphatic carbocycles. The molecule has 0 bridgehead atoms.